The fourth-order valence-corrected chi connectivity index (χ4v) is 9.56. The Labute approximate surface area is 290 Å². The Hall–Kier alpha value is -6.32. The van der Waals surface area contributed by atoms with Crippen LogP contribution in [0.3, 0.4) is 0 Å². The first-order valence-electron chi connectivity index (χ1n) is 17.4. The van der Waals surface area contributed by atoms with E-state index in [9.17, 15) is 0 Å². The molecule has 0 atom stereocenters. The summed E-state index contributed by atoms with van der Waals surface area (Å²) in [5, 5.41) is 2.54. The quantitative estimate of drug-likeness (QED) is 0.168. The second kappa shape index (κ2) is 9.43. The average Bonchev–Trinajstić information content (AvgIpc) is 3.63. The molecule has 0 N–H and O–H groups in total. The Morgan fingerprint density at radius 2 is 0.920 bits per heavy atom. The highest BCUT2D eigenvalue weighted by Gasteiger charge is 2.52. The van der Waals surface area contributed by atoms with Gasteiger partial charge >= 0.3 is 0 Å². The maximum atomic E-state index is 6.70. The molecule has 2 heterocycles. The summed E-state index contributed by atoms with van der Waals surface area (Å²) in [5.41, 5.74) is 16.0. The number of ether oxygens (including phenoxy) is 2. The predicted octanol–water partition coefficient (Wildman–Crippen LogP) is 9.58. The fourth-order valence-electron chi connectivity index (χ4n) is 9.56. The lowest BCUT2D eigenvalue weighted by atomic mass is 9.35. The molecule has 1 spiro atoms. The van der Waals surface area contributed by atoms with Crippen molar-refractivity contribution < 1.29 is 9.47 Å². The van der Waals surface area contributed by atoms with Crippen molar-refractivity contribution in [2.24, 2.45) is 0 Å². The molecule has 8 aromatic rings. The Balaban J connectivity index is 1.09. The zero-order chi connectivity index (χ0) is 32.6. The molecular formula is C47H27BO2. The van der Waals surface area contributed by atoms with Crippen molar-refractivity contribution in [3.8, 4) is 56.4 Å². The summed E-state index contributed by atoms with van der Waals surface area (Å²) in [4.78, 5) is 0. The lowest BCUT2D eigenvalue weighted by molar-refractivity contribution is 0.464. The molecule has 8 aromatic carbocycles. The van der Waals surface area contributed by atoms with Crippen LogP contribution in [0, 0.1) is 0 Å². The van der Waals surface area contributed by atoms with Crippen LogP contribution in [-0.2, 0) is 5.41 Å². The van der Waals surface area contributed by atoms with Crippen LogP contribution in [0.2, 0.25) is 0 Å². The van der Waals surface area contributed by atoms with Gasteiger partial charge in [-0.1, -0.05) is 121 Å². The molecule has 0 bridgehead atoms. The summed E-state index contributed by atoms with van der Waals surface area (Å²) >= 11 is 0. The standard InChI is InChI=1S/C47H27BO2/c1-2-11-29-25-39-35(24-28(29)10-1)34-22-20-30(26-38(34)47(39)36-14-5-3-12-32(36)33-13-4-6-15-37(33)47)31-21-23-41-45(27-31)50-44-19-9-18-43-46(44)48(41)40-16-7-8-17-42(40)49-43/h1-27H. The van der Waals surface area contributed by atoms with E-state index in [0.717, 1.165) is 34.0 Å². The minimum atomic E-state index is -0.413. The molecule has 0 aromatic heterocycles. The van der Waals surface area contributed by atoms with E-state index in [4.69, 9.17) is 9.47 Å². The van der Waals surface area contributed by atoms with Crippen LogP contribution >= 0.6 is 0 Å². The maximum absolute atomic E-state index is 6.70. The first kappa shape index (κ1) is 26.6. The third kappa shape index (κ3) is 3.25. The largest absolute Gasteiger partial charge is 0.458 e. The molecule has 50 heavy (non-hydrogen) atoms. The first-order valence-corrected chi connectivity index (χ1v) is 17.4. The molecule has 0 saturated carbocycles. The molecule has 2 aliphatic heterocycles. The van der Waals surface area contributed by atoms with Crippen molar-refractivity contribution in [3.63, 3.8) is 0 Å². The van der Waals surface area contributed by atoms with Crippen LogP contribution in [0.1, 0.15) is 22.3 Å². The van der Waals surface area contributed by atoms with Crippen LogP contribution in [0.15, 0.2) is 164 Å². The molecule has 2 nitrogen and oxygen atoms in total. The Kier molecular flexibility index (Phi) is 5.02. The molecule has 12 rings (SSSR count). The van der Waals surface area contributed by atoms with Gasteiger partial charge in [0.25, 0.3) is 6.71 Å². The highest BCUT2D eigenvalue weighted by Crippen LogP contribution is 2.63. The molecular weight excluding hydrogens is 607 g/mol. The average molecular weight is 635 g/mol. The van der Waals surface area contributed by atoms with Crippen molar-refractivity contribution >= 4 is 33.9 Å². The van der Waals surface area contributed by atoms with Crippen molar-refractivity contribution in [2.75, 3.05) is 0 Å². The summed E-state index contributed by atoms with van der Waals surface area (Å²) in [6.07, 6.45) is 0. The van der Waals surface area contributed by atoms with Gasteiger partial charge in [0.15, 0.2) is 0 Å². The second-order valence-corrected chi connectivity index (χ2v) is 13.9. The van der Waals surface area contributed by atoms with Gasteiger partial charge in [-0.05, 0) is 120 Å². The van der Waals surface area contributed by atoms with Crippen LogP contribution < -0.4 is 25.9 Å². The number of rotatable bonds is 1. The van der Waals surface area contributed by atoms with E-state index >= 15 is 0 Å². The van der Waals surface area contributed by atoms with E-state index in [2.05, 4.69) is 146 Å². The van der Waals surface area contributed by atoms with Gasteiger partial charge in [0, 0.05) is 5.46 Å². The van der Waals surface area contributed by atoms with Crippen molar-refractivity contribution in [1.29, 1.82) is 0 Å². The van der Waals surface area contributed by atoms with Gasteiger partial charge in [-0.25, -0.2) is 0 Å². The number of benzene rings is 8. The smallest absolute Gasteiger partial charge is 0.260 e. The third-order valence-electron chi connectivity index (χ3n) is 11.6. The summed E-state index contributed by atoms with van der Waals surface area (Å²) in [6.45, 7) is 0.0577. The minimum absolute atomic E-state index is 0.0577. The second-order valence-electron chi connectivity index (χ2n) is 13.9. The van der Waals surface area contributed by atoms with Crippen molar-refractivity contribution in [2.45, 2.75) is 5.41 Å². The fraction of sp³-hybridized carbons (Fsp3) is 0.0213. The van der Waals surface area contributed by atoms with Crippen LogP contribution in [0.25, 0.3) is 44.2 Å². The molecule has 4 aliphatic rings. The molecule has 0 radical (unpaired) electrons. The summed E-state index contributed by atoms with van der Waals surface area (Å²) < 4.78 is 13.0. The SMILES string of the molecule is c1ccc2c(c1)Oc1cccc3c1B2c1ccc(-c2ccc4c(c2)C2(c5ccccc5-c5ccccc52)c2cc5ccccc5cc2-4)cc1O3. The number of para-hydroxylation sites is 1. The zero-order valence-electron chi connectivity index (χ0n) is 27.0. The van der Waals surface area contributed by atoms with Gasteiger partial charge in [-0.2, -0.15) is 0 Å². The normalized spacial score (nSPS) is 14.4. The Morgan fingerprint density at radius 1 is 0.360 bits per heavy atom. The summed E-state index contributed by atoms with van der Waals surface area (Å²) in [6, 6.07) is 60.1. The van der Waals surface area contributed by atoms with Crippen LogP contribution in [0.4, 0.5) is 0 Å². The van der Waals surface area contributed by atoms with E-state index < -0.39 is 5.41 Å². The lowest BCUT2D eigenvalue weighted by Gasteiger charge is -2.33. The highest BCUT2D eigenvalue weighted by atomic mass is 16.5. The van der Waals surface area contributed by atoms with Gasteiger partial charge < -0.3 is 9.47 Å². The first-order chi connectivity index (χ1) is 24.8. The molecule has 0 amide bonds. The van der Waals surface area contributed by atoms with Gasteiger partial charge in [0.2, 0.25) is 0 Å². The number of fused-ring (bicyclic) bond motifs is 15. The summed E-state index contributed by atoms with van der Waals surface area (Å²) in [5.74, 6) is 3.54. The van der Waals surface area contributed by atoms with E-state index in [0.29, 0.717) is 0 Å². The topological polar surface area (TPSA) is 18.5 Å². The molecule has 0 saturated heterocycles. The van der Waals surface area contributed by atoms with Crippen LogP contribution in [0.5, 0.6) is 23.0 Å². The monoisotopic (exact) mass is 634 g/mol. The summed E-state index contributed by atoms with van der Waals surface area (Å²) in [7, 11) is 0. The van der Waals surface area contributed by atoms with Gasteiger partial charge in [-0.3, -0.25) is 0 Å². The van der Waals surface area contributed by atoms with Crippen molar-refractivity contribution in [1.82, 2.24) is 0 Å². The Morgan fingerprint density at radius 3 is 1.72 bits per heavy atom. The van der Waals surface area contributed by atoms with Gasteiger partial charge in [0.1, 0.15) is 23.0 Å². The molecule has 230 valence electrons. The van der Waals surface area contributed by atoms with E-state index in [1.54, 1.807) is 0 Å². The maximum Gasteiger partial charge on any atom is 0.260 e. The minimum Gasteiger partial charge on any atom is -0.458 e. The van der Waals surface area contributed by atoms with E-state index in [-0.39, 0.29) is 6.71 Å². The molecule has 3 heteroatoms. The number of hydrogen-bond donors (Lipinski definition) is 0. The molecule has 0 unspecified atom stereocenters. The Bertz CT molecular complexity index is 2750. The van der Waals surface area contributed by atoms with Crippen LogP contribution in [-0.4, -0.2) is 6.71 Å². The molecule has 2 aliphatic carbocycles. The van der Waals surface area contributed by atoms with Gasteiger partial charge in [0.05, 0.1) is 5.41 Å². The lowest BCUT2D eigenvalue weighted by Crippen LogP contribution is -2.57. The number of hydrogen-bond acceptors (Lipinski definition) is 2. The predicted molar refractivity (Wildman–Crippen MR) is 203 cm³/mol. The highest BCUT2D eigenvalue weighted by molar-refractivity contribution is 6.98. The van der Waals surface area contributed by atoms with Gasteiger partial charge in [-0.15, -0.1) is 0 Å². The molecule has 0 fully saturated rings. The van der Waals surface area contributed by atoms with Crippen molar-refractivity contribution in [3.05, 3.63) is 186 Å². The van der Waals surface area contributed by atoms with E-state index in [1.807, 2.05) is 18.2 Å². The zero-order valence-corrected chi connectivity index (χ0v) is 27.0. The third-order valence-corrected chi connectivity index (χ3v) is 11.6. The van der Waals surface area contributed by atoms with E-state index in [1.165, 1.54) is 71.8 Å².